The van der Waals surface area contributed by atoms with Crippen molar-refractivity contribution in [3.63, 3.8) is 0 Å². The van der Waals surface area contributed by atoms with Crippen LogP contribution in [0.5, 0.6) is 0 Å². The summed E-state index contributed by atoms with van der Waals surface area (Å²) in [6.45, 7) is 0. The van der Waals surface area contributed by atoms with E-state index in [1.165, 1.54) is 18.2 Å². The summed E-state index contributed by atoms with van der Waals surface area (Å²) in [6.07, 6.45) is 1.64. The average Bonchev–Trinajstić information content (AvgIpc) is 2.93. The number of nitrogens with zero attached hydrogens (tertiary/aromatic N) is 2. The standard InChI is InChI=1S/C14H9ClN4O2S/c15-12-5-9(7-16)1-4-14(12)22(20,21)19-11-3-2-10-8-17-18-13(10)6-11/h1-6,8,19H,(H,17,18). The number of rotatable bonds is 3. The summed E-state index contributed by atoms with van der Waals surface area (Å²) in [5.41, 5.74) is 1.39. The van der Waals surface area contributed by atoms with Crippen molar-refractivity contribution in [2.24, 2.45) is 0 Å². The molecular weight excluding hydrogens is 324 g/mol. The fraction of sp³-hybridized carbons (Fsp3) is 0. The van der Waals surface area contributed by atoms with Gasteiger partial charge < -0.3 is 0 Å². The fourth-order valence-corrected chi connectivity index (χ4v) is 3.59. The number of fused-ring (bicyclic) bond motifs is 1. The van der Waals surface area contributed by atoms with Crippen LogP contribution < -0.4 is 4.72 Å². The Balaban J connectivity index is 1.98. The number of nitriles is 1. The van der Waals surface area contributed by atoms with E-state index < -0.39 is 10.0 Å². The van der Waals surface area contributed by atoms with Gasteiger partial charge in [0, 0.05) is 5.39 Å². The highest BCUT2D eigenvalue weighted by Gasteiger charge is 2.18. The molecule has 6 nitrogen and oxygen atoms in total. The van der Waals surface area contributed by atoms with Crippen LogP contribution in [-0.2, 0) is 10.0 Å². The third-order valence-electron chi connectivity index (χ3n) is 3.04. The molecule has 0 saturated heterocycles. The van der Waals surface area contributed by atoms with Crippen molar-refractivity contribution in [1.82, 2.24) is 10.2 Å². The lowest BCUT2D eigenvalue weighted by Gasteiger charge is -2.09. The van der Waals surface area contributed by atoms with Gasteiger partial charge in [0.15, 0.2) is 0 Å². The Labute approximate surface area is 131 Å². The summed E-state index contributed by atoms with van der Waals surface area (Å²) < 4.78 is 27.2. The van der Waals surface area contributed by atoms with E-state index in [4.69, 9.17) is 16.9 Å². The Morgan fingerprint density at radius 1 is 1.23 bits per heavy atom. The quantitative estimate of drug-likeness (QED) is 0.770. The topological polar surface area (TPSA) is 98.6 Å². The van der Waals surface area contributed by atoms with Gasteiger partial charge in [-0.25, -0.2) is 8.42 Å². The second kappa shape index (κ2) is 5.33. The highest BCUT2D eigenvalue weighted by molar-refractivity contribution is 7.92. The Morgan fingerprint density at radius 2 is 2.05 bits per heavy atom. The monoisotopic (exact) mass is 332 g/mol. The lowest BCUT2D eigenvalue weighted by atomic mass is 10.2. The summed E-state index contributed by atoms with van der Waals surface area (Å²) in [5.74, 6) is 0. The minimum absolute atomic E-state index is 0.00540. The normalized spacial score (nSPS) is 11.3. The number of aromatic nitrogens is 2. The lowest BCUT2D eigenvalue weighted by molar-refractivity contribution is 0.601. The van der Waals surface area contributed by atoms with Crippen LogP contribution in [0, 0.1) is 11.3 Å². The van der Waals surface area contributed by atoms with Gasteiger partial charge in [0.1, 0.15) is 4.90 Å². The number of aromatic amines is 1. The van der Waals surface area contributed by atoms with Gasteiger partial charge in [-0.1, -0.05) is 11.6 Å². The number of benzene rings is 2. The third kappa shape index (κ3) is 2.62. The molecule has 0 unspecified atom stereocenters. The maximum atomic E-state index is 12.4. The van der Waals surface area contributed by atoms with Gasteiger partial charge >= 0.3 is 0 Å². The summed E-state index contributed by atoms with van der Waals surface area (Å²) >= 11 is 5.95. The number of H-pyrrole nitrogens is 1. The molecule has 0 amide bonds. The van der Waals surface area contributed by atoms with Gasteiger partial charge in [-0.2, -0.15) is 10.4 Å². The molecule has 22 heavy (non-hydrogen) atoms. The SMILES string of the molecule is N#Cc1ccc(S(=O)(=O)Nc2ccc3cn[nH]c3c2)c(Cl)c1. The molecule has 2 aromatic carbocycles. The van der Waals surface area contributed by atoms with Gasteiger partial charge in [0.05, 0.1) is 34.1 Å². The van der Waals surface area contributed by atoms with Crippen molar-refractivity contribution in [2.75, 3.05) is 4.72 Å². The van der Waals surface area contributed by atoms with E-state index in [2.05, 4.69) is 14.9 Å². The fourth-order valence-electron chi connectivity index (χ4n) is 2.00. The highest BCUT2D eigenvalue weighted by Crippen LogP contribution is 2.25. The smallest absolute Gasteiger partial charge is 0.263 e. The Bertz CT molecular complexity index is 1010. The third-order valence-corrected chi connectivity index (χ3v) is 4.91. The second-order valence-electron chi connectivity index (χ2n) is 4.53. The first-order valence-corrected chi connectivity index (χ1v) is 8.01. The van der Waals surface area contributed by atoms with Crippen molar-refractivity contribution in [1.29, 1.82) is 5.26 Å². The molecule has 0 aliphatic carbocycles. The number of sulfonamides is 1. The minimum atomic E-state index is -3.85. The van der Waals surface area contributed by atoms with Crippen LogP contribution in [0.15, 0.2) is 47.5 Å². The number of anilines is 1. The predicted octanol–water partition coefficient (Wildman–Crippen LogP) is 2.89. The molecule has 1 aromatic heterocycles. The molecule has 0 aliphatic heterocycles. The number of hydrogen-bond acceptors (Lipinski definition) is 4. The van der Waals surface area contributed by atoms with Gasteiger partial charge in [-0.15, -0.1) is 0 Å². The molecule has 3 rings (SSSR count). The van der Waals surface area contributed by atoms with Crippen LogP contribution in [0.1, 0.15) is 5.56 Å². The van der Waals surface area contributed by atoms with Crippen LogP contribution in [0.25, 0.3) is 10.9 Å². The van der Waals surface area contributed by atoms with E-state index >= 15 is 0 Å². The van der Waals surface area contributed by atoms with E-state index in [0.717, 1.165) is 5.39 Å². The largest absolute Gasteiger partial charge is 0.280 e. The van der Waals surface area contributed by atoms with E-state index in [0.29, 0.717) is 16.8 Å². The van der Waals surface area contributed by atoms with Crippen LogP contribution >= 0.6 is 11.6 Å². The summed E-state index contributed by atoms with van der Waals surface area (Å²) in [4.78, 5) is -0.0853. The molecule has 0 fully saturated rings. The van der Waals surface area contributed by atoms with Crippen LogP contribution in [0.2, 0.25) is 5.02 Å². The van der Waals surface area contributed by atoms with Crippen LogP contribution in [-0.4, -0.2) is 18.6 Å². The van der Waals surface area contributed by atoms with Gasteiger partial charge in [0.2, 0.25) is 0 Å². The molecule has 8 heteroatoms. The average molecular weight is 333 g/mol. The molecule has 0 atom stereocenters. The molecule has 1 heterocycles. The molecule has 0 spiro atoms. The lowest BCUT2D eigenvalue weighted by Crippen LogP contribution is -2.13. The van der Waals surface area contributed by atoms with E-state index in [1.807, 2.05) is 6.07 Å². The predicted molar refractivity (Wildman–Crippen MR) is 83.1 cm³/mol. The second-order valence-corrected chi connectivity index (χ2v) is 6.59. The minimum Gasteiger partial charge on any atom is -0.280 e. The highest BCUT2D eigenvalue weighted by atomic mass is 35.5. The zero-order valence-corrected chi connectivity index (χ0v) is 12.6. The Hall–Kier alpha value is -2.56. The number of hydrogen-bond donors (Lipinski definition) is 2. The first-order chi connectivity index (χ1) is 10.5. The Morgan fingerprint density at radius 3 is 2.77 bits per heavy atom. The van der Waals surface area contributed by atoms with Crippen molar-refractivity contribution < 1.29 is 8.42 Å². The van der Waals surface area contributed by atoms with Crippen molar-refractivity contribution in [3.8, 4) is 6.07 Å². The maximum Gasteiger partial charge on any atom is 0.263 e. The van der Waals surface area contributed by atoms with Crippen molar-refractivity contribution in [3.05, 3.63) is 53.2 Å². The van der Waals surface area contributed by atoms with Crippen LogP contribution in [0.3, 0.4) is 0 Å². The van der Waals surface area contributed by atoms with Crippen molar-refractivity contribution >= 4 is 38.2 Å². The van der Waals surface area contributed by atoms with E-state index in [-0.39, 0.29) is 9.92 Å². The zero-order chi connectivity index (χ0) is 15.7. The molecule has 3 aromatic rings. The van der Waals surface area contributed by atoms with E-state index in [1.54, 1.807) is 24.4 Å². The summed E-state index contributed by atoms with van der Waals surface area (Å²) in [7, 11) is -3.85. The molecule has 0 radical (unpaired) electrons. The first kappa shape index (κ1) is 14.4. The number of nitrogens with one attached hydrogen (secondary N) is 2. The molecule has 0 saturated carbocycles. The van der Waals surface area contributed by atoms with Gasteiger partial charge in [-0.05, 0) is 36.4 Å². The first-order valence-electron chi connectivity index (χ1n) is 6.15. The number of halogens is 1. The Kier molecular flexibility index (Phi) is 3.48. The van der Waals surface area contributed by atoms with Crippen LogP contribution in [0.4, 0.5) is 5.69 Å². The maximum absolute atomic E-state index is 12.4. The van der Waals surface area contributed by atoms with Crippen molar-refractivity contribution in [2.45, 2.75) is 4.90 Å². The molecular formula is C14H9ClN4O2S. The molecule has 2 N–H and O–H groups in total. The van der Waals surface area contributed by atoms with E-state index in [9.17, 15) is 8.42 Å². The zero-order valence-electron chi connectivity index (χ0n) is 11.0. The molecule has 0 bridgehead atoms. The molecule has 110 valence electrons. The molecule has 0 aliphatic rings. The summed E-state index contributed by atoms with van der Waals surface area (Å²) in [6, 6.07) is 10.9. The van der Waals surface area contributed by atoms with Gasteiger partial charge in [0.25, 0.3) is 10.0 Å². The van der Waals surface area contributed by atoms with Gasteiger partial charge in [-0.3, -0.25) is 9.82 Å². The summed E-state index contributed by atoms with van der Waals surface area (Å²) in [5, 5.41) is 16.3.